The van der Waals surface area contributed by atoms with Crippen LogP contribution in [0.15, 0.2) is 30.6 Å². The number of aromatic nitrogens is 2. The van der Waals surface area contributed by atoms with E-state index in [4.69, 9.17) is 21.1 Å². The van der Waals surface area contributed by atoms with Crippen LogP contribution in [0.1, 0.15) is 6.42 Å². The van der Waals surface area contributed by atoms with Crippen molar-refractivity contribution in [3.63, 3.8) is 0 Å². The summed E-state index contributed by atoms with van der Waals surface area (Å²) >= 11 is 5.60. The molecule has 2 aromatic carbocycles. The van der Waals surface area contributed by atoms with E-state index in [1.807, 2.05) is 0 Å². The Morgan fingerprint density at radius 1 is 1.26 bits per heavy atom. The van der Waals surface area contributed by atoms with Gasteiger partial charge in [-0.3, -0.25) is 0 Å². The van der Waals surface area contributed by atoms with Gasteiger partial charge in [0, 0.05) is 17.9 Å². The van der Waals surface area contributed by atoms with E-state index in [-0.39, 0.29) is 29.1 Å². The minimum Gasteiger partial charge on any atom is -0.504 e. The number of nitrogens with zero attached hydrogens (tertiary/aromatic N) is 2. The molecule has 6 nitrogen and oxygen atoms in total. The van der Waals surface area contributed by atoms with E-state index in [0.717, 1.165) is 12.5 Å². The number of hydrogen-bond acceptors (Lipinski definition) is 6. The van der Waals surface area contributed by atoms with Gasteiger partial charge >= 0.3 is 0 Å². The Morgan fingerprint density at radius 3 is 2.89 bits per heavy atom. The first-order chi connectivity index (χ1) is 13.0. The van der Waals surface area contributed by atoms with Crippen LogP contribution >= 0.6 is 11.6 Å². The number of hydrogen-bond donors (Lipinski definition) is 2. The van der Waals surface area contributed by atoms with Gasteiger partial charge in [-0.2, -0.15) is 0 Å². The minimum atomic E-state index is -0.936. The van der Waals surface area contributed by atoms with Gasteiger partial charge in [0.1, 0.15) is 29.1 Å². The normalized spacial score (nSPS) is 16.6. The lowest BCUT2D eigenvalue weighted by molar-refractivity contribution is 0.139. The van der Waals surface area contributed by atoms with E-state index in [1.165, 1.54) is 18.5 Å². The van der Waals surface area contributed by atoms with Gasteiger partial charge in [-0.15, -0.1) is 0 Å². The number of aromatic hydroxyl groups is 1. The van der Waals surface area contributed by atoms with Crippen molar-refractivity contribution in [2.45, 2.75) is 12.5 Å². The fraction of sp³-hybridized carbons (Fsp3) is 0.222. The molecule has 0 aliphatic carbocycles. The Balaban J connectivity index is 1.70. The van der Waals surface area contributed by atoms with Crippen LogP contribution in [0.4, 0.5) is 20.3 Å². The van der Waals surface area contributed by atoms with Gasteiger partial charge in [-0.25, -0.2) is 18.7 Å². The fourth-order valence-electron chi connectivity index (χ4n) is 2.80. The number of phenolic OH excluding ortho intramolecular Hbond substituents is 1. The average Bonchev–Trinajstić information content (AvgIpc) is 3.16. The molecule has 0 radical (unpaired) electrons. The van der Waals surface area contributed by atoms with Crippen molar-refractivity contribution in [3.05, 3.63) is 47.2 Å². The molecule has 0 saturated carbocycles. The zero-order valence-corrected chi connectivity index (χ0v) is 14.6. The number of rotatable bonds is 4. The molecule has 1 aliphatic heterocycles. The summed E-state index contributed by atoms with van der Waals surface area (Å²) in [5.41, 5.74) is 0.428. The number of phenols is 1. The van der Waals surface area contributed by atoms with E-state index in [2.05, 4.69) is 15.3 Å². The van der Waals surface area contributed by atoms with E-state index in [0.29, 0.717) is 24.1 Å². The summed E-state index contributed by atoms with van der Waals surface area (Å²) in [4.78, 5) is 8.23. The van der Waals surface area contributed by atoms with Gasteiger partial charge in [-0.05, 0) is 18.2 Å². The maximum Gasteiger partial charge on any atom is 0.168 e. The van der Waals surface area contributed by atoms with E-state index in [1.54, 1.807) is 6.07 Å². The molecule has 1 atom stereocenters. The van der Waals surface area contributed by atoms with Crippen LogP contribution in [0.3, 0.4) is 0 Å². The first-order valence-electron chi connectivity index (χ1n) is 8.15. The van der Waals surface area contributed by atoms with E-state index in [9.17, 15) is 13.9 Å². The fourth-order valence-corrected chi connectivity index (χ4v) is 2.97. The smallest absolute Gasteiger partial charge is 0.168 e. The van der Waals surface area contributed by atoms with Crippen LogP contribution < -0.4 is 10.1 Å². The lowest BCUT2D eigenvalue weighted by atomic mass is 10.2. The number of fused-ring (bicyclic) bond motifs is 1. The molecule has 0 amide bonds. The van der Waals surface area contributed by atoms with Crippen molar-refractivity contribution in [1.29, 1.82) is 0 Å². The number of ether oxygens (including phenoxy) is 2. The third kappa shape index (κ3) is 3.45. The van der Waals surface area contributed by atoms with Crippen molar-refractivity contribution in [1.82, 2.24) is 9.97 Å². The van der Waals surface area contributed by atoms with Crippen LogP contribution in [-0.4, -0.2) is 34.4 Å². The number of halogens is 3. The van der Waals surface area contributed by atoms with Crippen molar-refractivity contribution in [2.75, 3.05) is 18.5 Å². The summed E-state index contributed by atoms with van der Waals surface area (Å²) < 4.78 is 38.5. The van der Waals surface area contributed by atoms with Crippen molar-refractivity contribution in [3.8, 4) is 11.5 Å². The Kier molecular flexibility index (Phi) is 4.67. The average molecular weight is 394 g/mol. The first kappa shape index (κ1) is 17.7. The van der Waals surface area contributed by atoms with Crippen LogP contribution in [0.2, 0.25) is 5.02 Å². The highest BCUT2D eigenvalue weighted by Crippen LogP contribution is 2.36. The monoisotopic (exact) mass is 393 g/mol. The SMILES string of the molecule is Oc1cc2c(Nc3ccc(F)c(Cl)c3F)ncnc2cc1O[C@H]1CCOC1. The van der Waals surface area contributed by atoms with Gasteiger partial charge in [0.25, 0.3) is 0 Å². The molecule has 1 aromatic heterocycles. The van der Waals surface area contributed by atoms with Crippen LogP contribution in [0.5, 0.6) is 11.5 Å². The molecule has 2 N–H and O–H groups in total. The second kappa shape index (κ2) is 7.13. The summed E-state index contributed by atoms with van der Waals surface area (Å²) in [6, 6.07) is 5.25. The second-order valence-electron chi connectivity index (χ2n) is 6.01. The van der Waals surface area contributed by atoms with Gasteiger partial charge < -0.3 is 19.9 Å². The molecule has 27 heavy (non-hydrogen) atoms. The van der Waals surface area contributed by atoms with Crippen LogP contribution in [0, 0.1) is 11.6 Å². The minimum absolute atomic E-state index is 0.0516. The molecule has 0 bridgehead atoms. The van der Waals surface area contributed by atoms with Crippen molar-refractivity contribution < 1.29 is 23.4 Å². The molecule has 2 heterocycles. The van der Waals surface area contributed by atoms with Crippen molar-refractivity contribution in [2.24, 2.45) is 0 Å². The highest BCUT2D eigenvalue weighted by molar-refractivity contribution is 6.31. The number of nitrogens with one attached hydrogen (secondary N) is 1. The highest BCUT2D eigenvalue weighted by atomic mass is 35.5. The maximum atomic E-state index is 14.2. The van der Waals surface area contributed by atoms with Crippen LogP contribution in [-0.2, 0) is 4.74 Å². The lowest BCUT2D eigenvalue weighted by Crippen LogP contribution is -2.15. The third-order valence-corrected chi connectivity index (χ3v) is 4.53. The molecule has 1 fully saturated rings. The maximum absolute atomic E-state index is 14.2. The summed E-state index contributed by atoms with van der Waals surface area (Å²) in [5, 5.41) is 12.9. The van der Waals surface area contributed by atoms with Gasteiger partial charge in [0.2, 0.25) is 0 Å². The quantitative estimate of drug-likeness (QED) is 0.648. The standard InChI is InChI=1S/C18H14ClF2N3O3/c19-16-11(20)1-2-12(17(16)21)24-18-10-5-14(25)15(6-13(10)22-8-23-18)27-9-3-4-26-7-9/h1-2,5-6,8-9,25H,3-4,7H2,(H,22,23,24)/t9-/m0/s1. The molecule has 1 saturated heterocycles. The largest absolute Gasteiger partial charge is 0.504 e. The molecule has 0 spiro atoms. The molecule has 0 unspecified atom stereocenters. The summed E-state index contributed by atoms with van der Waals surface area (Å²) in [6.07, 6.45) is 1.88. The molecule has 1 aliphatic rings. The predicted octanol–water partition coefficient (Wildman–Crippen LogP) is 4.18. The molecule has 9 heteroatoms. The first-order valence-corrected chi connectivity index (χ1v) is 8.53. The summed E-state index contributed by atoms with van der Waals surface area (Å²) in [6.45, 7) is 1.07. The number of anilines is 2. The third-order valence-electron chi connectivity index (χ3n) is 4.19. The zero-order valence-electron chi connectivity index (χ0n) is 13.9. The summed E-state index contributed by atoms with van der Waals surface area (Å²) in [5.74, 6) is -1.40. The Hall–Kier alpha value is -2.71. The molecule has 4 rings (SSSR count). The molecular formula is C18H14ClF2N3O3. The van der Waals surface area contributed by atoms with Gasteiger partial charge in [-0.1, -0.05) is 11.6 Å². The summed E-state index contributed by atoms with van der Waals surface area (Å²) in [7, 11) is 0. The van der Waals surface area contributed by atoms with Gasteiger partial charge in [0.15, 0.2) is 17.3 Å². The molecule has 3 aromatic rings. The predicted molar refractivity (Wildman–Crippen MR) is 95.7 cm³/mol. The van der Waals surface area contributed by atoms with Crippen LogP contribution in [0.25, 0.3) is 10.9 Å². The Bertz CT molecular complexity index is 1010. The zero-order chi connectivity index (χ0) is 19.0. The Morgan fingerprint density at radius 2 is 2.11 bits per heavy atom. The lowest BCUT2D eigenvalue weighted by Gasteiger charge is -2.15. The van der Waals surface area contributed by atoms with E-state index < -0.39 is 16.7 Å². The van der Waals surface area contributed by atoms with Crippen molar-refractivity contribution >= 4 is 34.0 Å². The molecular weight excluding hydrogens is 380 g/mol. The topological polar surface area (TPSA) is 76.5 Å². The van der Waals surface area contributed by atoms with E-state index >= 15 is 0 Å². The Labute approximate surface area is 157 Å². The van der Waals surface area contributed by atoms with Gasteiger partial charge in [0.05, 0.1) is 24.4 Å². The second-order valence-corrected chi connectivity index (χ2v) is 6.39. The molecule has 140 valence electrons. The highest BCUT2D eigenvalue weighted by Gasteiger charge is 2.20. The number of benzene rings is 2.